The second-order valence-electron chi connectivity index (χ2n) is 5.12. The van der Waals surface area contributed by atoms with Gasteiger partial charge in [0, 0.05) is 25.7 Å². The van der Waals surface area contributed by atoms with Crippen LogP contribution in [0.3, 0.4) is 0 Å². The lowest BCUT2D eigenvalue weighted by Gasteiger charge is -2.27. The maximum atomic E-state index is 10.2. The number of likely N-dealkylation sites (N-methyl/N-ethyl adjacent to an activating group) is 1. The minimum atomic E-state index is -0.846. The fourth-order valence-corrected chi connectivity index (χ4v) is 1.85. The topological polar surface area (TPSA) is 99.3 Å². The van der Waals surface area contributed by atoms with Gasteiger partial charge in [0.05, 0.1) is 5.60 Å². The van der Waals surface area contributed by atoms with Gasteiger partial charge in [0.15, 0.2) is 0 Å². The molecule has 19 heavy (non-hydrogen) atoms. The molecule has 0 saturated heterocycles. The summed E-state index contributed by atoms with van der Waals surface area (Å²) in [5.74, 6) is 1.47. The lowest BCUT2D eigenvalue weighted by atomic mass is 10.1. The Labute approximate surface area is 114 Å². The van der Waals surface area contributed by atoms with Crippen molar-refractivity contribution >= 4 is 17.6 Å². The Morgan fingerprint density at radius 1 is 1.32 bits per heavy atom. The van der Waals surface area contributed by atoms with Gasteiger partial charge >= 0.3 is 0 Å². The molecule has 5 N–H and O–H groups in total. The molecule has 7 heteroatoms. The quantitative estimate of drug-likeness (QED) is 0.561. The molecule has 0 aliphatic heterocycles. The highest BCUT2D eigenvalue weighted by Crippen LogP contribution is 2.14. The summed E-state index contributed by atoms with van der Waals surface area (Å²) in [5.41, 5.74) is 4.79. The van der Waals surface area contributed by atoms with Gasteiger partial charge in [0.25, 0.3) is 0 Å². The lowest BCUT2D eigenvalue weighted by Crippen LogP contribution is -2.43. The minimum absolute atomic E-state index is 0.202. The van der Waals surface area contributed by atoms with Crippen molar-refractivity contribution in [1.29, 1.82) is 0 Å². The molecule has 0 aliphatic rings. The largest absolute Gasteiger partial charge is 0.387 e. The normalized spacial score (nSPS) is 14.2. The van der Waals surface area contributed by atoms with E-state index in [-0.39, 0.29) is 5.95 Å². The van der Waals surface area contributed by atoms with E-state index in [1.165, 1.54) is 0 Å². The van der Waals surface area contributed by atoms with Crippen molar-refractivity contribution in [2.24, 2.45) is 0 Å². The number of nitrogens with one attached hydrogen (secondary N) is 2. The number of rotatable bonds is 7. The zero-order valence-corrected chi connectivity index (χ0v) is 12.1. The molecule has 1 aromatic heterocycles. The molecule has 0 amide bonds. The fourth-order valence-electron chi connectivity index (χ4n) is 1.85. The van der Waals surface area contributed by atoms with E-state index in [0.29, 0.717) is 24.7 Å². The minimum Gasteiger partial charge on any atom is -0.387 e. The van der Waals surface area contributed by atoms with Crippen molar-refractivity contribution in [3.8, 4) is 0 Å². The van der Waals surface area contributed by atoms with E-state index in [4.69, 9.17) is 5.73 Å². The molecule has 1 atom stereocenters. The molecular weight excluding hydrogens is 244 g/mol. The average molecular weight is 268 g/mol. The Morgan fingerprint density at radius 2 is 1.89 bits per heavy atom. The second kappa shape index (κ2) is 6.53. The molecule has 0 saturated carbocycles. The maximum absolute atomic E-state index is 10.2. The number of nitrogens with two attached hydrogens (primary N) is 1. The average Bonchev–Trinajstić information content (AvgIpc) is 2.24. The van der Waals surface area contributed by atoms with E-state index < -0.39 is 5.60 Å². The van der Waals surface area contributed by atoms with Crippen LogP contribution >= 0.6 is 0 Å². The van der Waals surface area contributed by atoms with Crippen molar-refractivity contribution in [1.82, 2.24) is 14.9 Å². The predicted octanol–water partition coefficient (Wildman–Crippen LogP) is 0.215. The van der Waals surface area contributed by atoms with Crippen molar-refractivity contribution in [3.63, 3.8) is 0 Å². The van der Waals surface area contributed by atoms with Gasteiger partial charge in [0.1, 0.15) is 11.6 Å². The SMILES string of the molecule is CCNc1cc(NCC(C)(O)CN(C)C)nc(N)n1. The van der Waals surface area contributed by atoms with E-state index >= 15 is 0 Å². The van der Waals surface area contributed by atoms with Gasteiger partial charge in [-0.2, -0.15) is 9.97 Å². The molecule has 1 heterocycles. The third-order valence-electron chi connectivity index (χ3n) is 2.41. The molecule has 0 fully saturated rings. The van der Waals surface area contributed by atoms with Crippen LogP contribution in [-0.4, -0.2) is 59.3 Å². The van der Waals surface area contributed by atoms with Gasteiger partial charge in [-0.15, -0.1) is 0 Å². The number of hydrogen-bond donors (Lipinski definition) is 4. The molecule has 7 nitrogen and oxygen atoms in total. The van der Waals surface area contributed by atoms with Crippen LogP contribution in [0.5, 0.6) is 0 Å². The summed E-state index contributed by atoms with van der Waals surface area (Å²) < 4.78 is 0. The molecule has 1 aromatic rings. The third kappa shape index (κ3) is 5.71. The summed E-state index contributed by atoms with van der Waals surface area (Å²) in [4.78, 5) is 10.1. The molecule has 0 bridgehead atoms. The van der Waals surface area contributed by atoms with Crippen molar-refractivity contribution in [2.45, 2.75) is 19.4 Å². The third-order valence-corrected chi connectivity index (χ3v) is 2.41. The van der Waals surface area contributed by atoms with E-state index in [9.17, 15) is 5.11 Å². The first-order valence-corrected chi connectivity index (χ1v) is 6.32. The first-order valence-electron chi connectivity index (χ1n) is 6.32. The number of hydrogen-bond acceptors (Lipinski definition) is 7. The number of aromatic nitrogens is 2. The maximum Gasteiger partial charge on any atom is 0.223 e. The van der Waals surface area contributed by atoms with Crippen LogP contribution in [0, 0.1) is 0 Å². The van der Waals surface area contributed by atoms with Gasteiger partial charge in [-0.1, -0.05) is 0 Å². The second-order valence-corrected chi connectivity index (χ2v) is 5.12. The van der Waals surface area contributed by atoms with Crippen molar-refractivity contribution in [2.75, 3.05) is 50.1 Å². The zero-order chi connectivity index (χ0) is 14.5. The smallest absolute Gasteiger partial charge is 0.223 e. The molecule has 0 spiro atoms. The van der Waals surface area contributed by atoms with Crippen LogP contribution in [0.25, 0.3) is 0 Å². The van der Waals surface area contributed by atoms with E-state index in [1.807, 2.05) is 25.9 Å². The van der Waals surface area contributed by atoms with Gasteiger partial charge in [-0.25, -0.2) is 0 Å². The lowest BCUT2D eigenvalue weighted by molar-refractivity contribution is 0.0459. The Hall–Kier alpha value is -1.60. The van der Waals surface area contributed by atoms with Gasteiger partial charge in [-0.3, -0.25) is 0 Å². The van der Waals surface area contributed by atoms with Crippen LogP contribution in [0.15, 0.2) is 6.07 Å². The van der Waals surface area contributed by atoms with Gasteiger partial charge < -0.3 is 26.4 Å². The molecule has 0 aliphatic carbocycles. The van der Waals surface area contributed by atoms with E-state index in [2.05, 4.69) is 20.6 Å². The number of aliphatic hydroxyl groups is 1. The van der Waals surface area contributed by atoms with Gasteiger partial charge in [0.2, 0.25) is 5.95 Å². The summed E-state index contributed by atoms with van der Waals surface area (Å²) in [7, 11) is 3.83. The van der Waals surface area contributed by atoms with Crippen LogP contribution < -0.4 is 16.4 Å². The summed E-state index contributed by atoms with van der Waals surface area (Å²) in [6.07, 6.45) is 0. The van der Waals surface area contributed by atoms with Crippen molar-refractivity contribution in [3.05, 3.63) is 6.07 Å². The van der Waals surface area contributed by atoms with Crippen LogP contribution in [0.2, 0.25) is 0 Å². The van der Waals surface area contributed by atoms with Crippen LogP contribution in [0.4, 0.5) is 17.6 Å². The molecule has 1 unspecified atom stereocenters. The van der Waals surface area contributed by atoms with Crippen LogP contribution in [0.1, 0.15) is 13.8 Å². The monoisotopic (exact) mass is 268 g/mol. The summed E-state index contributed by atoms with van der Waals surface area (Å²) in [6, 6.07) is 1.77. The Bertz CT molecular complexity index is 407. The molecule has 1 rings (SSSR count). The highest BCUT2D eigenvalue weighted by molar-refractivity contribution is 5.51. The van der Waals surface area contributed by atoms with Gasteiger partial charge in [-0.05, 0) is 27.9 Å². The Kier molecular flexibility index (Phi) is 5.31. The summed E-state index contributed by atoms with van der Waals surface area (Å²) in [6.45, 7) is 5.45. The van der Waals surface area contributed by atoms with Crippen molar-refractivity contribution < 1.29 is 5.11 Å². The Balaban J connectivity index is 2.66. The molecule has 108 valence electrons. The number of nitrogen functional groups attached to an aromatic ring is 1. The fraction of sp³-hybridized carbons (Fsp3) is 0.667. The first-order chi connectivity index (χ1) is 8.82. The standard InChI is InChI=1S/C12H24N6O/c1-5-14-9-6-10(17-11(13)16-9)15-7-12(2,19)8-18(3)4/h6,19H,5,7-8H2,1-4H3,(H4,13,14,15,16,17). The van der Waals surface area contributed by atoms with E-state index in [1.54, 1.807) is 13.0 Å². The zero-order valence-electron chi connectivity index (χ0n) is 12.1. The highest BCUT2D eigenvalue weighted by Gasteiger charge is 2.21. The number of nitrogens with zero attached hydrogens (tertiary/aromatic N) is 3. The summed E-state index contributed by atoms with van der Waals surface area (Å²) in [5, 5.41) is 16.4. The molecular formula is C12H24N6O. The number of anilines is 3. The first kappa shape index (κ1) is 15.5. The van der Waals surface area contributed by atoms with E-state index in [0.717, 1.165) is 6.54 Å². The van der Waals surface area contributed by atoms with Crippen LogP contribution in [-0.2, 0) is 0 Å². The molecule has 0 aromatic carbocycles. The Morgan fingerprint density at radius 3 is 2.42 bits per heavy atom. The highest BCUT2D eigenvalue weighted by atomic mass is 16.3. The molecule has 0 radical (unpaired) electrons. The summed E-state index contributed by atoms with van der Waals surface area (Å²) >= 11 is 0. The predicted molar refractivity (Wildman–Crippen MR) is 78.3 cm³/mol.